The fourth-order valence-corrected chi connectivity index (χ4v) is 4.93. The molecule has 30 heavy (non-hydrogen) atoms. The van der Waals surface area contributed by atoms with E-state index >= 15 is 0 Å². The minimum atomic E-state index is -0.126. The third kappa shape index (κ3) is 4.98. The van der Waals surface area contributed by atoms with Crippen LogP contribution in [0.3, 0.4) is 0 Å². The van der Waals surface area contributed by atoms with Crippen LogP contribution >= 0.6 is 0 Å². The second kappa shape index (κ2) is 10.0. The summed E-state index contributed by atoms with van der Waals surface area (Å²) >= 11 is 0. The van der Waals surface area contributed by atoms with Gasteiger partial charge in [-0.3, -0.25) is 9.69 Å². The van der Waals surface area contributed by atoms with E-state index in [0.717, 1.165) is 37.2 Å². The molecule has 0 bridgehead atoms. The molecule has 4 rings (SSSR count). The van der Waals surface area contributed by atoms with Crippen LogP contribution in [0.1, 0.15) is 50.1 Å². The molecular formula is C22H32N6O2. The van der Waals surface area contributed by atoms with Gasteiger partial charge in [-0.15, -0.1) is 5.10 Å². The van der Waals surface area contributed by atoms with Gasteiger partial charge in [0.2, 0.25) is 5.91 Å². The summed E-state index contributed by atoms with van der Waals surface area (Å²) in [5, 5.41) is 14.8. The molecule has 1 aromatic heterocycles. The molecule has 162 valence electrons. The Hall–Kier alpha value is -2.48. The first-order valence-corrected chi connectivity index (χ1v) is 11.1. The van der Waals surface area contributed by atoms with E-state index in [-0.39, 0.29) is 18.0 Å². The van der Waals surface area contributed by atoms with Crippen LogP contribution in [0, 0.1) is 5.92 Å². The molecule has 1 saturated heterocycles. The molecule has 2 atom stereocenters. The quantitative estimate of drug-likeness (QED) is 0.716. The average molecular weight is 413 g/mol. The number of carbonyl (C=O) groups is 1. The van der Waals surface area contributed by atoms with Gasteiger partial charge in [-0.05, 0) is 53.7 Å². The maximum Gasteiger partial charge on any atom is 0.237 e. The summed E-state index contributed by atoms with van der Waals surface area (Å²) in [4.78, 5) is 15.5. The van der Waals surface area contributed by atoms with Crippen molar-refractivity contribution in [3.63, 3.8) is 0 Å². The number of ether oxygens (including phenoxy) is 1. The lowest BCUT2D eigenvalue weighted by atomic mass is 9.89. The van der Waals surface area contributed by atoms with Crippen molar-refractivity contribution in [3.8, 4) is 5.75 Å². The van der Waals surface area contributed by atoms with Crippen molar-refractivity contribution in [2.24, 2.45) is 5.92 Å². The first-order valence-electron chi connectivity index (χ1n) is 11.1. The highest BCUT2D eigenvalue weighted by Crippen LogP contribution is 2.31. The number of carbonyl (C=O) groups excluding carboxylic acids is 1. The molecule has 1 saturated carbocycles. The highest BCUT2D eigenvalue weighted by molar-refractivity contribution is 5.82. The predicted octanol–water partition coefficient (Wildman–Crippen LogP) is 2.24. The second-order valence-electron chi connectivity index (χ2n) is 8.51. The smallest absolute Gasteiger partial charge is 0.237 e. The van der Waals surface area contributed by atoms with Crippen molar-refractivity contribution in [3.05, 3.63) is 36.2 Å². The maximum atomic E-state index is 13.1. The van der Waals surface area contributed by atoms with Crippen LogP contribution in [0.5, 0.6) is 5.75 Å². The summed E-state index contributed by atoms with van der Waals surface area (Å²) in [6.45, 7) is 2.41. The Morgan fingerprint density at radius 2 is 2.07 bits per heavy atom. The molecule has 1 amide bonds. The first kappa shape index (κ1) is 20.8. The lowest BCUT2D eigenvalue weighted by Gasteiger charge is -2.30. The van der Waals surface area contributed by atoms with E-state index < -0.39 is 0 Å². The van der Waals surface area contributed by atoms with Crippen molar-refractivity contribution in [2.75, 3.05) is 26.7 Å². The molecule has 1 N–H and O–H groups in total. The molecule has 8 heteroatoms. The molecule has 2 heterocycles. The highest BCUT2D eigenvalue weighted by atomic mass is 16.5. The van der Waals surface area contributed by atoms with Crippen molar-refractivity contribution < 1.29 is 9.53 Å². The number of amides is 1. The zero-order valence-electron chi connectivity index (χ0n) is 17.7. The van der Waals surface area contributed by atoms with Crippen molar-refractivity contribution in [1.29, 1.82) is 0 Å². The van der Waals surface area contributed by atoms with Crippen molar-refractivity contribution in [2.45, 2.75) is 57.0 Å². The van der Waals surface area contributed by atoms with Crippen LogP contribution in [-0.2, 0) is 11.2 Å². The predicted molar refractivity (Wildman–Crippen MR) is 113 cm³/mol. The van der Waals surface area contributed by atoms with Crippen LogP contribution in [0.15, 0.2) is 30.6 Å². The number of benzene rings is 1. The number of aromatic nitrogens is 4. The Morgan fingerprint density at radius 3 is 2.83 bits per heavy atom. The Labute approximate surface area is 178 Å². The Balaban J connectivity index is 1.37. The third-order valence-electron chi connectivity index (χ3n) is 6.53. The molecule has 2 aliphatic rings. The van der Waals surface area contributed by atoms with Gasteiger partial charge in [0.15, 0.2) is 0 Å². The first-order chi connectivity index (χ1) is 14.7. The number of methoxy groups -OCH3 is 1. The van der Waals surface area contributed by atoms with E-state index in [4.69, 9.17) is 4.74 Å². The summed E-state index contributed by atoms with van der Waals surface area (Å²) in [5.41, 5.74) is 1.11. The normalized spacial score (nSPS) is 22.8. The molecule has 1 aromatic carbocycles. The zero-order valence-corrected chi connectivity index (χ0v) is 17.7. The fraction of sp³-hybridized carbons (Fsp3) is 0.636. The molecule has 1 aliphatic carbocycles. The van der Waals surface area contributed by atoms with Gasteiger partial charge in [0, 0.05) is 19.6 Å². The number of tetrazole rings is 1. The largest absolute Gasteiger partial charge is 0.496 e. The minimum Gasteiger partial charge on any atom is -0.496 e. The van der Waals surface area contributed by atoms with E-state index in [9.17, 15) is 4.79 Å². The number of hydrogen-bond donors (Lipinski definition) is 1. The van der Waals surface area contributed by atoms with Gasteiger partial charge in [-0.2, -0.15) is 0 Å². The lowest BCUT2D eigenvalue weighted by molar-refractivity contribution is -0.125. The van der Waals surface area contributed by atoms with Crippen LogP contribution in [0.25, 0.3) is 0 Å². The van der Waals surface area contributed by atoms with E-state index in [0.29, 0.717) is 12.5 Å². The van der Waals surface area contributed by atoms with Crippen LogP contribution in [0.4, 0.5) is 0 Å². The summed E-state index contributed by atoms with van der Waals surface area (Å²) in [7, 11) is 1.68. The minimum absolute atomic E-state index is 0.108. The fourth-order valence-electron chi connectivity index (χ4n) is 4.93. The average Bonchev–Trinajstić information content (AvgIpc) is 3.45. The SMILES string of the molecule is COc1ccccc1CCNC(=O)[C@@H]1C[C@H](n2cnnn2)CN1CC1CCCCC1. The molecule has 8 nitrogen and oxygen atoms in total. The van der Waals surface area contributed by atoms with E-state index in [2.05, 4.69) is 25.7 Å². The van der Waals surface area contributed by atoms with Crippen LogP contribution < -0.4 is 10.1 Å². The summed E-state index contributed by atoms with van der Waals surface area (Å²) in [5.74, 6) is 1.66. The molecule has 2 fully saturated rings. The Bertz CT molecular complexity index is 806. The van der Waals surface area contributed by atoms with E-state index in [1.165, 1.54) is 32.1 Å². The number of hydrogen-bond acceptors (Lipinski definition) is 6. The summed E-state index contributed by atoms with van der Waals surface area (Å²) in [6.07, 6.45) is 9.67. The zero-order chi connectivity index (χ0) is 20.8. The van der Waals surface area contributed by atoms with Crippen LogP contribution in [0.2, 0.25) is 0 Å². The monoisotopic (exact) mass is 412 g/mol. The van der Waals surface area contributed by atoms with Crippen LogP contribution in [-0.4, -0.2) is 63.8 Å². The van der Waals surface area contributed by atoms with Gasteiger partial charge >= 0.3 is 0 Å². The van der Waals surface area contributed by atoms with Crippen molar-refractivity contribution in [1.82, 2.24) is 30.4 Å². The number of nitrogens with zero attached hydrogens (tertiary/aromatic N) is 5. The molecule has 1 aliphatic heterocycles. The standard InChI is InChI=1S/C22H32N6O2/c1-30-21-10-6-5-9-18(21)11-12-23-22(29)20-13-19(28-16-24-25-26-28)15-27(20)14-17-7-3-2-4-8-17/h5-6,9-10,16-17,19-20H,2-4,7-8,11-15H2,1H3,(H,23,29)/t19-,20-/m0/s1. The Morgan fingerprint density at radius 1 is 1.23 bits per heavy atom. The second-order valence-corrected chi connectivity index (χ2v) is 8.51. The lowest BCUT2D eigenvalue weighted by Crippen LogP contribution is -2.45. The van der Waals surface area contributed by atoms with E-state index in [1.807, 2.05) is 24.3 Å². The van der Waals surface area contributed by atoms with Crippen molar-refractivity contribution >= 4 is 5.91 Å². The summed E-state index contributed by atoms with van der Waals surface area (Å²) in [6, 6.07) is 7.98. The number of rotatable bonds is 8. The van der Waals surface area contributed by atoms with Gasteiger partial charge in [0.1, 0.15) is 12.1 Å². The number of nitrogens with one attached hydrogen (secondary N) is 1. The number of para-hydroxylation sites is 1. The molecule has 2 aromatic rings. The highest BCUT2D eigenvalue weighted by Gasteiger charge is 2.39. The van der Waals surface area contributed by atoms with Gasteiger partial charge in [-0.1, -0.05) is 37.5 Å². The van der Waals surface area contributed by atoms with E-state index in [1.54, 1.807) is 18.1 Å². The third-order valence-corrected chi connectivity index (χ3v) is 6.53. The van der Waals surface area contributed by atoms with Gasteiger partial charge < -0.3 is 10.1 Å². The van der Waals surface area contributed by atoms with Gasteiger partial charge in [0.25, 0.3) is 0 Å². The maximum absolute atomic E-state index is 13.1. The number of likely N-dealkylation sites (tertiary alicyclic amines) is 1. The molecule has 0 unspecified atom stereocenters. The molecular weight excluding hydrogens is 380 g/mol. The van der Waals surface area contributed by atoms with Gasteiger partial charge in [0.05, 0.1) is 19.2 Å². The molecule has 0 radical (unpaired) electrons. The Kier molecular flexibility index (Phi) is 6.94. The molecule has 0 spiro atoms. The summed E-state index contributed by atoms with van der Waals surface area (Å²) < 4.78 is 7.22. The van der Waals surface area contributed by atoms with Gasteiger partial charge in [-0.25, -0.2) is 4.68 Å². The topological polar surface area (TPSA) is 85.2 Å².